The van der Waals surface area contributed by atoms with Crippen molar-refractivity contribution < 1.29 is 4.79 Å². The molecule has 7 nitrogen and oxygen atoms in total. The van der Waals surface area contributed by atoms with Crippen LogP contribution in [0.3, 0.4) is 0 Å². The number of carbonyl (C=O) groups excluding carboxylic acids is 1. The number of hydrogen-bond acceptors (Lipinski definition) is 5. The molecule has 0 aromatic carbocycles. The molecule has 1 fully saturated rings. The van der Waals surface area contributed by atoms with Gasteiger partial charge in [0.05, 0.1) is 12.2 Å². The molecule has 0 unspecified atom stereocenters. The third-order valence-corrected chi connectivity index (χ3v) is 4.45. The Hall–Kier alpha value is -2.70. The van der Waals surface area contributed by atoms with Crippen molar-refractivity contribution in [3.63, 3.8) is 0 Å². The van der Waals surface area contributed by atoms with E-state index in [4.69, 9.17) is 0 Å². The molecule has 3 rings (SSSR count). The Morgan fingerprint density at radius 3 is 2.76 bits per heavy atom. The predicted molar refractivity (Wildman–Crippen MR) is 95.2 cm³/mol. The van der Waals surface area contributed by atoms with Crippen LogP contribution >= 0.6 is 0 Å². The molecule has 2 aromatic rings. The first-order chi connectivity index (χ1) is 12.1. The number of aromatic nitrogens is 3. The number of nitrogens with one attached hydrogen (secondary N) is 1. The SMILES string of the molecule is CC1CCN(c2ccc(=O)n(CC(=O)NCc3ccccn3)n2)CC1. The maximum atomic E-state index is 12.1. The van der Waals surface area contributed by atoms with Crippen molar-refractivity contribution in [2.45, 2.75) is 32.9 Å². The van der Waals surface area contributed by atoms with Crippen LogP contribution in [0.25, 0.3) is 0 Å². The maximum absolute atomic E-state index is 12.1. The molecule has 0 atom stereocenters. The van der Waals surface area contributed by atoms with E-state index in [0.717, 1.165) is 43.4 Å². The number of amides is 1. The van der Waals surface area contributed by atoms with E-state index in [9.17, 15) is 9.59 Å². The van der Waals surface area contributed by atoms with Crippen molar-refractivity contribution in [2.24, 2.45) is 5.92 Å². The zero-order valence-electron chi connectivity index (χ0n) is 14.4. The first kappa shape index (κ1) is 17.1. The van der Waals surface area contributed by atoms with E-state index in [2.05, 4.69) is 27.2 Å². The van der Waals surface area contributed by atoms with Gasteiger partial charge in [0.2, 0.25) is 5.91 Å². The summed E-state index contributed by atoms with van der Waals surface area (Å²) in [5.41, 5.74) is 0.495. The number of piperidine rings is 1. The highest BCUT2D eigenvalue weighted by molar-refractivity contribution is 5.75. The highest BCUT2D eigenvalue weighted by Gasteiger charge is 2.18. The van der Waals surface area contributed by atoms with Crippen molar-refractivity contribution in [3.8, 4) is 0 Å². The molecule has 0 spiro atoms. The molecule has 1 amide bonds. The zero-order chi connectivity index (χ0) is 17.6. The van der Waals surface area contributed by atoms with Crippen molar-refractivity contribution in [3.05, 3.63) is 52.6 Å². The van der Waals surface area contributed by atoms with Crippen molar-refractivity contribution in [1.29, 1.82) is 0 Å². The summed E-state index contributed by atoms with van der Waals surface area (Å²) in [5, 5.41) is 7.13. The van der Waals surface area contributed by atoms with E-state index >= 15 is 0 Å². The van der Waals surface area contributed by atoms with Crippen LogP contribution in [0.2, 0.25) is 0 Å². The third-order valence-electron chi connectivity index (χ3n) is 4.45. The lowest BCUT2D eigenvalue weighted by Gasteiger charge is -2.31. The molecule has 0 saturated carbocycles. The highest BCUT2D eigenvalue weighted by Crippen LogP contribution is 2.20. The number of anilines is 1. The standard InChI is InChI=1S/C18H23N5O2/c1-14-7-10-22(11-8-14)16-5-6-18(25)23(21-16)13-17(24)20-12-15-4-2-3-9-19-15/h2-6,9,14H,7-8,10-13H2,1H3,(H,20,24). The fourth-order valence-electron chi connectivity index (χ4n) is 2.84. The fraction of sp³-hybridized carbons (Fsp3) is 0.444. The average molecular weight is 341 g/mol. The van der Waals surface area contributed by atoms with Gasteiger partial charge in [0.1, 0.15) is 12.4 Å². The number of nitrogens with zero attached hydrogens (tertiary/aromatic N) is 4. The lowest BCUT2D eigenvalue weighted by molar-refractivity contribution is -0.122. The molecular formula is C18H23N5O2. The van der Waals surface area contributed by atoms with E-state index in [-0.39, 0.29) is 18.0 Å². The van der Waals surface area contributed by atoms with Crippen LogP contribution in [-0.2, 0) is 17.9 Å². The lowest BCUT2D eigenvalue weighted by Crippen LogP contribution is -2.37. The first-order valence-corrected chi connectivity index (χ1v) is 8.61. The highest BCUT2D eigenvalue weighted by atomic mass is 16.2. The fourth-order valence-corrected chi connectivity index (χ4v) is 2.84. The van der Waals surface area contributed by atoms with Crippen LogP contribution in [-0.4, -0.2) is 33.8 Å². The van der Waals surface area contributed by atoms with E-state index < -0.39 is 0 Å². The number of pyridine rings is 1. The largest absolute Gasteiger partial charge is 0.355 e. The molecule has 7 heteroatoms. The molecule has 3 heterocycles. The molecule has 132 valence electrons. The first-order valence-electron chi connectivity index (χ1n) is 8.61. The average Bonchev–Trinajstić information content (AvgIpc) is 2.63. The number of rotatable bonds is 5. The number of carbonyl (C=O) groups is 1. The Morgan fingerprint density at radius 1 is 1.24 bits per heavy atom. The summed E-state index contributed by atoms with van der Waals surface area (Å²) < 4.78 is 1.22. The Balaban J connectivity index is 1.62. The lowest BCUT2D eigenvalue weighted by atomic mass is 9.99. The Labute approximate surface area is 146 Å². The second kappa shape index (κ2) is 7.92. The minimum Gasteiger partial charge on any atom is -0.355 e. The second-order valence-electron chi connectivity index (χ2n) is 6.45. The Kier molecular flexibility index (Phi) is 5.42. The van der Waals surface area contributed by atoms with Crippen molar-refractivity contribution in [1.82, 2.24) is 20.1 Å². The maximum Gasteiger partial charge on any atom is 0.267 e. The summed E-state index contributed by atoms with van der Waals surface area (Å²) in [7, 11) is 0. The quantitative estimate of drug-likeness (QED) is 0.884. The molecule has 1 aliphatic heterocycles. The molecule has 1 saturated heterocycles. The van der Waals surface area contributed by atoms with Crippen LogP contribution in [0.1, 0.15) is 25.5 Å². The molecule has 0 bridgehead atoms. The van der Waals surface area contributed by atoms with Gasteiger partial charge in [-0.25, -0.2) is 4.68 Å². The van der Waals surface area contributed by atoms with E-state index in [1.165, 1.54) is 10.7 Å². The van der Waals surface area contributed by atoms with Crippen LogP contribution < -0.4 is 15.8 Å². The van der Waals surface area contributed by atoms with E-state index in [0.29, 0.717) is 6.54 Å². The molecule has 1 N–H and O–H groups in total. The summed E-state index contributed by atoms with van der Waals surface area (Å²) in [6.07, 6.45) is 3.91. The van der Waals surface area contributed by atoms with Gasteiger partial charge in [0.15, 0.2) is 0 Å². The molecule has 0 aliphatic carbocycles. The van der Waals surface area contributed by atoms with Gasteiger partial charge >= 0.3 is 0 Å². The summed E-state index contributed by atoms with van der Waals surface area (Å²) >= 11 is 0. The second-order valence-corrected chi connectivity index (χ2v) is 6.45. The minimum atomic E-state index is -0.276. The summed E-state index contributed by atoms with van der Waals surface area (Å²) in [6, 6.07) is 8.74. The minimum absolute atomic E-state index is 0.0935. The smallest absolute Gasteiger partial charge is 0.267 e. The normalized spacial score (nSPS) is 15.2. The predicted octanol–water partition coefficient (Wildman–Crippen LogP) is 1.19. The number of hydrogen-bond donors (Lipinski definition) is 1. The van der Waals surface area contributed by atoms with Crippen LogP contribution in [0.4, 0.5) is 5.82 Å². The topological polar surface area (TPSA) is 80.1 Å². The van der Waals surface area contributed by atoms with Gasteiger partial charge in [0, 0.05) is 25.4 Å². The van der Waals surface area contributed by atoms with Gasteiger partial charge in [-0.1, -0.05) is 13.0 Å². The van der Waals surface area contributed by atoms with Crippen molar-refractivity contribution >= 4 is 11.7 Å². The van der Waals surface area contributed by atoms with E-state index in [1.54, 1.807) is 12.3 Å². The van der Waals surface area contributed by atoms with Gasteiger partial charge in [0.25, 0.3) is 5.56 Å². The van der Waals surface area contributed by atoms with Crippen LogP contribution in [0.5, 0.6) is 0 Å². The van der Waals surface area contributed by atoms with E-state index in [1.807, 2.05) is 18.2 Å². The third kappa shape index (κ3) is 4.65. The van der Waals surface area contributed by atoms with Gasteiger partial charge in [-0.3, -0.25) is 14.6 Å². The van der Waals surface area contributed by atoms with Gasteiger partial charge in [-0.2, -0.15) is 5.10 Å². The van der Waals surface area contributed by atoms with Gasteiger partial charge in [-0.15, -0.1) is 0 Å². The zero-order valence-corrected chi connectivity index (χ0v) is 14.4. The molecule has 0 radical (unpaired) electrons. The Bertz CT molecular complexity index is 767. The molecule has 1 aliphatic rings. The molecule has 2 aromatic heterocycles. The molecule has 25 heavy (non-hydrogen) atoms. The van der Waals surface area contributed by atoms with Crippen molar-refractivity contribution in [2.75, 3.05) is 18.0 Å². The van der Waals surface area contributed by atoms with Crippen LogP contribution in [0.15, 0.2) is 41.3 Å². The monoisotopic (exact) mass is 341 g/mol. The Morgan fingerprint density at radius 2 is 2.04 bits per heavy atom. The summed E-state index contributed by atoms with van der Waals surface area (Å²) in [5.74, 6) is 1.22. The summed E-state index contributed by atoms with van der Waals surface area (Å²) in [4.78, 5) is 30.4. The molecular weight excluding hydrogens is 318 g/mol. The van der Waals surface area contributed by atoms with Crippen LogP contribution in [0, 0.1) is 5.92 Å². The summed E-state index contributed by atoms with van der Waals surface area (Å²) in [6.45, 7) is 4.34. The van der Waals surface area contributed by atoms with Gasteiger partial charge in [-0.05, 0) is 37.0 Å². The van der Waals surface area contributed by atoms with Gasteiger partial charge < -0.3 is 10.2 Å².